The minimum Gasteiger partial charge on any atom is -0.297 e. The lowest BCUT2D eigenvalue weighted by Gasteiger charge is -2.61. The molecule has 3 heteroatoms. The number of fused-ring (bicyclic) bond motifs is 5. The molecule has 172 valence electrons. The molecule has 0 aromatic rings. The first-order valence-corrected chi connectivity index (χ1v) is 14.7. The van der Waals surface area contributed by atoms with Gasteiger partial charge in [-0.15, -0.1) is 0 Å². The van der Waals surface area contributed by atoms with Gasteiger partial charge in [0.1, 0.15) is 0 Å². The number of hydrogen-bond donors (Lipinski definition) is 0. The fourth-order valence-corrected chi connectivity index (χ4v) is 11.7. The monoisotopic (exact) mass is 542 g/mol. The molecule has 0 aliphatic heterocycles. The van der Waals surface area contributed by atoms with Crippen molar-refractivity contribution in [2.24, 2.45) is 52.3 Å². The number of Topliss-reactive ketones (excluding diaryl/α,β-unsaturated/α-hetero) is 1. The third-order valence-corrected chi connectivity index (χ3v) is 12.6. The molecule has 0 saturated heterocycles. The Bertz CT molecular complexity index is 647. The molecule has 10 atom stereocenters. The second-order valence-corrected chi connectivity index (χ2v) is 14.7. The van der Waals surface area contributed by atoms with Crippen LogP contribution in [0.2, 0.25) is 0 Å². The van der Waals surface area contributed by atoms with Crippen LogP contribution in [0.25, 0.3) is 0 Å². The van der Waals surface area contributed by atoms with Crippen molar-refractivity contribution in [3.63, 3.8) is 0 Å². The second kappa shape index (κ2) is 8.77. The van der Waals surface area contributed by atoms with Gasteiger partial charge in [-0.1, -0.05) is 85.7 Å². The van der Waals surface area contributed by atoms with Crippen LogP contribution in [0.4, 0.5) is 0 Å². The maximum Gasteiger partial charge on any atom is 0.160 e. The van der Waals surface area contributed by atoms with Crippen molar-refractivity contribution in [3.8, 4) is 0 Å². The average Bonchev–Trinajstić information content (AvgIpc) is 3.03. The van der Waals surface area contributed by atoms with Gasteiger partial charge in [-0.25, -0.2) is 0 Å². The maximum atomic E-state index is 12.7. The molecule has 0 amide bonds. The molecule has 0 radical (unpaired) electrons. The predicted octanol–water partition coefficient (Wildman–Crippen LogP) is 8.42. The van der Waals surface area contributed by atoms with Gasteiger partial charge in [0, 0.05) is 0 Å². The highest BCUT2D eigenvalue weighted by molar-refractivity contribution is 9.10. The SMILES string of the molecule is CC(C)CCC[C@@H](C)C1CCC2C3CC[C@H]4[C@H](Br)C(=O)[C@H](Br)CC4(C)C3CCC21C. The molecular weight excluding hydrogens is 500 g/mol. The molecule has 0 bridgehead atoms. The predicted molar refractivity (Wildman–Crippen MR) is 134 cm³/mol. The standard InChI is InChI=1S/C27H44Br2O/c1-16(2)7-6-8-17(3)19-11-12-20-18-9-10-22-24(29)25(30)23(28)15-27(22,5)21(18)13-14-26(19,20)4/h16-24H,6-15H2,1-5H3/t17-,18?,19?,20?,21?,22+,23-,24+,26?,27?/m1/s1. The summed E-state index contributed by atoms with van der Waals surface area (Å²) < 4.78 is 0. The Morgan fingerprint density at radius 3 is 2.27 bits per heavy atom. The number of ketones is 1. The van der Waals surface area contributed by atoms with E-state index in [4.69, 9.17) is 0 Å². The maximum absolute atomic E-state index is 12.7. The number of carbonyl (C=O) groups excluding carboxylic acids is 1. The van der Waals surface area contributed by atoms with E-state index >= 15 is 0 Å². The lowest BCUT2D eigenvalue weighted by atomic mass is 9.44. The summed E-state index contributed by atoms with van der Waals surface area (Å²) >= 11 is 7.60. The van der Waals surface area contributed by atoms with Crippen LogP contribution in [0.3, 0.4) is 0 Å². The van der Waals surface area contributed by atoms with Gasteiger partial charge in [-0.2, -0.15) is 0 Å². The molecular formula is C27H44Br2O. The molecule has 0 aromatic heterocycles. The summed E-state index contributed by atoms with van der Waals surface area (Å²) in [6, 6.07) is 0. The molecule has 4 rings (SSSR count). The Balaban J connectivity index is 1.50. The van der Waals surface area contributed by atoms with E-state index in [2.05, 4.69) is 66.5 Å². The summed E-state index contributed by atoms with van der Waals surface area (Å²) in [7, 11) is 0. The van der Waals surface area contributed by atoms with Crippen LogP contribution in [0.15, 0.2) is 0 Å². The van der Waals surface area contributed by atoms with E-state index in [1.807, 2.05) is 0 Å². The minimum absolute atomic E-state index is 0.0486. The van der Waals surface area contributed by atoms with Crippen LogP contribution in [0, 0.1) is 52.3 Å². The van der Waals surface area contributed by atoms with Gasteiger partial charge in [-0.3, -0.25) is 4.79 Å². The fourth-order valence-electron chi connectivity index (χ4n) is 9.15. The van der Waals surface area contributed by atoms with Crippen molar-refractivity contribution in [3.05, 3.63) is 0 Å². The van der Waals surface area contributed by atoms with Crippen molar-refractivity contribution in [1.82, 2.24) is 0 Å². The zero-order valence-corrected chi connectivity index (χ0v) is 23.1. The summed E-state index contributed by atoms with van der Waals surface area (Å²) in [6.45, 7) is 12.5. The van der Waals surface area contributed by atoms with Crippen molar-refractivity contribution in [1.29, 1.82) is 0 Å². The number of rotatable bonds is 5. The number of halogens is 2. The van der Waals surface area contributed by atoms with E-state index in [0.29, 0.717) is 22.5 Å². The molecule has 30 heavy (non-hydrogen) atoms. The van der Waals surface area contributed by atoms with Crippen molar-refractivity contribution >= 4 is 37.6 Å². The first kappa shape index (κ1) is 23.8. The van der Waals surface area contributed by atoms with E-state index < -0.39 is 0 Å². The highest BCUT2D eigenvalue weighted by Gasteiger charge is 2.62. The lowest BCUT2D eigenvalue weighted by molar-refractivity contribution is -0.137. The van der Waals surface area contributed by atoms with Gasteiger partial charge in [0.25, 0.3) is 0 Å². The summed E-state index contributed by atoms with van der Waals surface area (Å²) in [5, 5.41) is 0. The van der Waals surface area contributed by atoms with Crippen molar-refractivity contribution in [2.45, 2.75) is 108 Å². The summed E-state index contributed by atoms with van der Waals surface area (Å²) in [5.74, 6) is 6.23. The van der Waals surface area contributed by atoms with Gasteiger partial charge in [0.05, 0.1) is 9.65 Å². The normalized spacial score (nSPS) is 49.5. The van der Waals surface area contributed by atoms with Crippen molar-refractivity contribution < 1.29 is 4.79 Å². The zero-order chi connectivity index (χ0) is 21.8. The summed E-state index contributed by atoms with van der Waals surface area (Å²) in [6.07, 6.45) is 13.6. The van der Waals surface area contributed by atoms with E-state index in [0.717, 1.165) is 41.9 Å². The van der Waals surface area contributed by atoms with Gasteiger partial charge in [0.15, 0.2) is 5.78 Å². The van der Waals surface area contributed by atoms with E-state index in [-0.39, 0.29) is 9.65 Å². The van der Waals surface area contributed by atoms with Gasteiger partial charge in [0.2, 0.25) is 0 Å². The smallest absolute Gasteiger partial charge is 0.160 e. The topological polar surface area (TPSA) is 17.1 Å². The second-order valence-electron chi connectivity index (χ2n) is 12.6. The molecule has 0 heterocycles. The minimum atomic E-state index is 0.0486. The van der Waals surface area contributed by atoms with Crippen LogP contribution in [-0.4, -0.2) is 15.4 Å². The summed E-state index contributed by atoms with van der Waals surface area (Å²) in [5.41, 5.74) is 0.884. The Hall–Kier alpha value is 0.630. The third-order valence-electron chi connectivity index (χ3n) is 10.7. The number of carbonyl (C=O) groups is 1. The highest BCUT2D eigenvalue weighted by atomic mass is 79.9. The molecule has 0 spiro atoms. The highest BCUT2D eigenvalue weighted by Crippen LogP contribution is 2.68. The molecule has 0 aromatic carbocycles. The molecule has 4 saturated carbocycles. The summed E-state index contributed by atoms with van der Waals surface area (Å²) in [4.78, 5) is 12.8. The van der Waals surface area contributed by atoms with E-state index in [1.54, 1.807) is 0 Å². The zero-order valence-electron chi connectivity index (χ0n) is 19.9. The quantitative estimate of drug-likeness (QED) is 0.318. The first-order valence-electron chi connectivity index (χ1n) is 12.9. The Kier molecular flexibility index (Phi) is 6.95. The molecule has 1 nitrogen and oxygen atoms in total. The molecule has 4 aliphatic rings. The Morgan fingerprint density at radius 2 is 1.57 bits per heavy atom. The van der Waals surface area contributed by atoms with Crippen molar-refractivity contribution in [2.75, 3.05) is 0 Å². The molecule has 0 N–H and O–H groups in total. The van der Waals surface area contributed by atoms with Crippen LogP contribution in [0.1, 0.15) is 98.8 Å². The number of alkyl halides is 2. The average molecular weight is 544 g/mol. The van der Waals surface area contributed by atoms with Crippen LogP contribution >= 0.6 is 31.9 Å². The Labute approximate surface area is 202 Å². The Morgan fingerprint density at radius 1 is 0.900 bits per heavy atom. The molecule has 4 fully saturated rings. The van der Waals surface area contributed by atoms with Crippen LogP contribution in [-0.2, 0) is 4.79 Å². The fraction of sp³-hybridized carbons (Fsp3) is 0.963. The van der Waals surface area contributed by atoms with Crippen LogP contribution < -0.4 is 0 Å². The van der Waals surface area contributed by atoms with Gasteiger partial charge >= 0.3 is 0 Å². The third kappa shape index (κ3) is 3.82. The first-order chi connectivity index (χ1) is 14.1. The lowest BCUT2D eigenvalue weighted by Crippen LogP contribution is -2.58. The molecule has 6 unspecified atom stereocenters. The van der Waals surface area contributed by atoms with Gasteiger partial charge < -0.3 is 0 Å². The van der Waals surface area contributed by atoms with Crippen LogP contribution in [0.5, 0.6) is 0 Å². The van der Waals surface area contributed by atoms with E-state index in [1.165, 1.54) is 57.8 Å². The van der Waals surface area contributed by atoms with E-state index in [9.17, 15) is 4.79 Å². The number of hydrogen-bond acceptors (Lipinski definition) is 1. The largest absolute Gasteiger partial charge is 0.297 e. The molecule has 4 aliphatic carbocycles. The van der Waals surface area contributed by atoms with Gasteiger partial charge in [-0.05, 0) is 97.2 Å².